The lowest BCUT2D eigenvalue weighted by molar-refractivity contribution is -0.149. The Morgan fingerprint density at radius 1 is 1.15 bits per heavy atom. The van der Waals surface area contributed by atoms with Gasteiger partial charge in [0.1, 0.15) is 0 Å². The Balaban J connectivity index is 1.93. The van der Waals surface area contributed by atoms with E-state index in [1.807, 2.05) is 23.1 Å². The molecule has 0 aliphatic carbocycles. The smallest absolute Gasteiger partial charge is 0.228 e. The third-order valence-electron chi connectivity index (χ3n) is 5.25. The van der Waals surface area contributed by atoms with Gasteiger partial charge in [-0.2, -0.15) is 0 Å². The predicted molar refractivity (Wildman–Crippen MR) is 95.2 cm³/mol. The number of morpholine rings is 1. The van der Waals surface area contributed by atoms with Crippen LogP contribution in [-0.4, -0.2) is 69.2 Å². The molecule has 2 fully saturated rings. The normalized spacial score (nSPS) is 23.7. The molecule has 2 aliphatic rings. The van der Waals surface area contributed by atoms with Gasteiger partial charge in [-0.1, -0.05) is 6.07 Å². The average Bonchev–Trinajstić information content (AvgIpc) is 2.69. The van der Waals surface area contributed by atoms with Crippen LogP contribution in [0.3, 0.4) is 0 Å². The van der Waals surface area contributed by atoms with Crippen LogP contribution in [0.4, 0.5) is 0 Å². The van der Waals surface area contributed by atoms with Crippen molar-refractivity contribution in [3.8, 4) is 11.5 Å². The molecule has 3 rings (SSSR count). The highest BCUT2D eigenvalue weighted by molar-refractivity contribution is 5.85. The molecule has 2 atom stereocenters. The zero-order chi connectivity index (χ0) is 18.7. The first-order valence-corrected chi connectivity index (χ1v) is 8.91. The fourth-order valence-corrected chi connectivity index (χ4v) is 3.81. The number of piperidine rings is 1. The largest absolute Gasteiger partial charge is 0.493 e. The number of likely N-dealkylation sites (tertiary alicyclic amines) is 1. The number of hydrogen-bond donors (Lipinski definition) is 0. The highest BCUT2D eigenvalue weighted by Gasteiger charge is 2.41. The Kier molecular flexibility index (Phi) is 5.66. The molecule has 7 heteroatoms. The summed E-state index contributed by atoms with van der Waals surface area (Å²) in [5, 5.41) is 0. The van der Waals surface area contributed by atoms with Crippen LogP contribution in [0.15, 0.2) is 18.2 Å². The van der Waals surface area contributed by atoms with Gasteiger partial charge in [0.25, 0.3) is 0 Å². The van der Waals surface area contributed by atoms with E-state index in [1.54, 1.807) is 26.2 Å². The lowest BCUT2D eigenvalue weighted by Crippen LogP contribution is -2.50. The summed E-state index contributed by atoms with van der Waals surface area (Å²) in [6.45, 7) is 2.33. The van der Waals surface area contributed by atoms with Crippen molar-refractivity contribution < 1.29 is 23.8 Å². The van der Waals surface area contributed by atoms with Crippen molar-refractivity contribution in [3.05, 3.63) is 23.8 Å². The number of carbonyl (C=O) groups excluding carboxylic acids is 2. The van der Waals surface area contributed by atoms with Crippen molar-refractivity contribution in [2.24, 2.45) is 5.92 Å². The van der Waals surface area contributed by atoms with E-state index < -0.39 is 0 Å². The summed E-state index contributed by atoms with van der Waals surface area (Å²) >= 11 is 0. The monoisotopic (exact) mass is 362 g/mol. The van der Waals surface area contributed by atoms with E-state index >= 15 is 0 Å². The lowest BCUT2D eigenvalue weighted by atomic mass is 9.83. The maximum Gasteiger partial charge on any atom is 0.228 e. The second-order valence-electron chi connectivity index (χ2n) is 6.65. The van der Waals surface area contributed by atoms with Gasteiger partial charge in [-0.15, -0.1) is 0 Å². The quantitative estimate of drug-likeness (QED) is 0.811. The van der Waals surface area contributed by atoms with Gasteiger partial charge >= 0.3 is 0 Å². The van der Waals surface area contributed by atoms with Crippen LogP contribution in [0.2, 0.25) is 0 Å². The number of methoxy groups -OCH3 is 2. The predicted octanol–water partition coefficient (Wildman–Crippen LogP) is 1.47. The molecular formula is C19H26N2O5. The zero-order valence-electron chi connectivity index (χ0n) is 15.6. The van der Waals surface area contributed by atoms with Gasteiger partial charge in [-0.05, 0) is 24.1 Å². The van der Waals surface area contributed by atoms with E-state index in [2.05, 4.69) is 0 Å². The second kappa shape index (κ2) is 7.95. The van der Waals surface area contributed by atoms with E-state index in [-0.39, 0.29) is 23.8 Å². The number of benzene rings is 1. The molecule has 0 saturated carbocycles. The van der Waals surface area contributed by atoms with E-state index in [4.69, 9.17) is 14.2 Å². The molecule has 0 bridgehead atoms. The molecule has 1 aromatic rings. The number of amides is 2. The topological polar surface area (TPSA) is 68.3 Å². The third kappa shape index (κ3) is 3.49. The summed E-state index contributed by atoms with van der Waals surface area (Å²) < 4.78 is 16.1. The van der Waals surface area contributed by atoms with Gasteiger partial charge in [0.15, 0.2) is 11.5 Å². The molecule has 2 aliphatic heterocycles. The summed E-state index contributed by atoms with van der Waals surface area (Å²) in [6.07, 6.45) is 0.944. The molecular weight excluding hydrogens is 336 g/mol. The summed E-state index contributed by atoms with van der Waals surface area (Å²) in [5.74, 6) is 1.09. The van der Waals surface area contributed by atoms with Crippen LogP contribution < -0.4 is 9.47 Å². The molecule has 2 unspecified atom stereocenters. The minimum atomic E-state index is -0.314. The minimum Gasteiger partial charge on any atom is -0.493 e. The first-order chi connectivity index (χ1) is 12.6. The average molecular weight is 362 g/mol. The summed E-state index contributed by atoms with van der Waals surface area (Å²) in [6, 6.07) is 5.27. The van der Waals surface area contributed by atoms with Gasteiger partial charge in [0.2, 0.25) is 11.8 Å². The Morgan fingerprint density at radius 2 is 1.85 bits per heavy atom. The van der Waals surface area contributed by atoms with Crippen LogP contribution in [0.5, 0.6) is 11.5 Å². The van der Waals surface area contributed by atoms with Crippen LogP contribution >= 0.6 is 0 Å². The molecule has 2 heterocycles. The van der Waals surface area contributed by atoms with Crippen LogP contribution in [-0.2, 0) is 14.3 Å². The number of hydrogen-bond acceptors (Lipinski definition) is 5. The van der Waals surface area contributed by atoms with Crippen molar-refractivity contribution >= 4 is 11.8 Å². The van der Waals surface area contributed by atoms with Crippen molar-refractivity contribution in [1.29, 1.82) is 0 Å². The minimum absolute atomic E-state index is 0.0517. The zero-order valence-corrected chi connectivity index (χ0v) is 15.6. The lowest BCUT2D eigenvalue weighted by Gasteiger charge is -2.41. The van der Waals surface area contributed by atoms with Crippen LogP contribution in [0.25, 0.3) is 0 Å². The van der Waals surface area contributed by atoms with Gasteiger partial charge in [-0.3, -0.25) is 9.59 Å². The van der Waals surface area contributed by atoms with E-state index in [1.165, 1.54) is 0 Å². The Labute approximate surface area is 153 Å². The highest BCUT2D eigenvalue weighted by atomic mass is 16.5. The maximum atomic E-state index is 13.1. The van der Waals surface area contributed by atoms with Crippen molar-refractivity contribution in [3.63, 3.8) is 0 Å². The molecule has 0 N–H and O–H groups in total. The number of nitrogens with zero attached hydrogens (tertiary/aromatic N) is 2. The number of ether oxygens (including phenoxy) is 3. The fourth-order valence-electron chi connectivity index (χ4n) is 3.81. The van der Waals surface area contributed by atoms with E-state index in [9.17, 15) is 9.59 Å². The second-order valence-corrected chi connectivity index (χ2v) is 6.65. The van der Waals surface area contributed by atoms with E-state index in [0.717, 1.165) is 5.56 Å². The fraction of sp³-hybridized carbons (Fsp3) is 0.579. The van der Waals surface area contributed by atoms with Crippen molar-refractivity contribution in [2.75, 3.05) is 47.6 Å². The van der Waals surface area contributed by atoms with Crippen molar-refractivity contribution in [1.82, 2.24) is 9.80 Å². The SMILES string of the molecule is COc1ccc(C2C(C(=O)N3CCOCC3)CCC(=O)N2C)cc1OC. The van der Waals surface area contributed by atoms with Gasteiger partial charge in [0.05, 0.1) is 39.4 Å². The Bertz CT molecular complexity index is 672. The first kappa shape index (κ1) is 18.5. The molecule has 26 heavy (non-hydrogen) atoms. The maximum absolute atomic E-state index is 13.1. The van der Waals surface area contributed by atoms with Crippen molar-refractivity contribution in [2.45, 2.75) is 18.9 Å². The molecule has 2 amide bonds. The summed E-state index contributed by atoms with van der Waals surface area (Å²) in [4.78, 5) is 29.0. The number of rotatable bonds is 4. The van der Waals surface area contributed by atoms with Crippen LogP contribution in [0, 0.1) is 5.92 Å². The summed E-state index contributed by atoms with van der Waals surface area (Å²) in [5.41, 5.74) is 0.879. The van der Waals surface area contributed by atoms with Gasteiger partial charge in [-0.25, -0.2) is 0 Å². The molecule has 0 aromatic heterocycles. The number of carbonyl (C=O) groups is 2. The first-order valence-electron chi connectivity index (χ1n) is 8.91. The third-order valence-corrected chi connectivity index (χ3v) is 5.25. The molecule has 0 spiro atoms. The molecule has 7 nitrogen and oxygen atoms in total. The summed E-state index contributed by atoms with van der Waals surface area (Å²) in [7, 11) is 4.93. The Hall–Kier alpha value is -2.28. The standard InChI is InChI=1S/C19H26N2O5/c1-20-17(22)7-5-14(19(23)21-8-10-26-11-9-21)18(20)13-4-6-15(24-2)16(12-13)25-3/h4,6,12,14,18H,5,7-11H2,1-3H3. The molecule has 2 saturated heterocycles. The molecule has 1 aromatic carbocycles. The Morgan fingerprint density at radius 3 is 2.50 bits per heavy atom. The molecule has 0 radical (unpaired) electrons. The van der Waals surface area contributed by atoms with Gasteiger partial charge < -0.3 is 24.0 Å². The van der Waals surface area contributed by atoms with Crippen LogP contribution in [0.1, 0.15) is 24.4 Å². The van der Waals surface area contributed by atoms with Gasteiger partial charge in [0, 0.05) is 26.6 Å². The van der Waals surface area contributed by atoms with E-state index in [0.29, 0.717) is 50.6 Å². The highest BCUT2D eigenvalue weighted by Crippen LogP contribution is 2.40. The molecule has 142 valence electrons.